The van der Waals surface area contributed by atoms with Crippen LogP contribution in [-0.4, -0.2) is 30.1 Å². The average Bonchev–Trinajstić information content (AvgIpc) is 3.36. The zero-order chi connectivity index (χ0) is 22.4. The first kappa shape index (κ1) is 19.7. The predicted molar refractivity (Wildman–Crippen MR) is 122 cm³/mol. The summed E-state index contributed by atoms with van der Waals surface area (Å²) in [6.07, 6.45) is 6.03. The standard InChI is InChI=1S/C24H22N6O2/c1-4-15-9-16(5-6-19(15)23(25)31)21-11-17(12-22-26-7-8-30(21)22)32-18-10-20-14(2)28-29(3)24(20)27-13-18/h5-13H,4H2,1-3H3,(H2,25,31). The second kappa shape index (κ2) is 7.49. The van der Waals surface area contributed by atoms with E-state index in [4.69, 9.17) is 10.5 Å². The second-order valence-corrected chi connectivity index (χ2v) is 7.67. The summed E-state index contributed by atoms with van der Waals surface area (Å²) >= 11 is 0. The van der Waals surface area contributed by atoms with E-state index in [-0.39, 0.29) is 0 Å². The Kier molecular flexibility index (Phi) is 4.62. The molecule has 1 amide bonds. The van der Waals surface area contributed by atoms with Crippen molar-refractivity contribution in [3.8, 4) is 22.8 Å². The SMILES string of the molecule is CCc1cc(-c2cc(Oc3cnc4c(c3)c(C)nn4C)cc3nccn23)ccc1C(N)=O. The Morgan fingerprint density at radius 1 is 1.12 bits per heavy atom. The summed E-state index contributed by atoms with van der Waals surface area (Å²) in [4.78, 5) is 20.7. The van der Waals surface area contributed by atoms with Crippen LogP contribution in [0.5, 0.6) is 11.5 Å². The summed E-state index contributed by atoms with van der Waals surface area (Å²) in [6, 6.07) is 11.4. The highest BCUT2D eigenvalue weighted by atomic mass is 16.5. The van der Waals surface area contributed by atoms with Gasteiger partial charge in [-0.1, -0.05) is 13.0 Å². The van der Waals surface area contributed by atoms with E-state index in [0.29, 0.717) is 23.5 Å². The number of fused-ring (bicyclic) bond motifs is 2. The van der Waals surface area contributed by atoms with Crippen molar-refractivity contribution >= 4 is 22.6 Å². The summed E-state index contributed by atoms with van der Waals surface area (Å²) < 4.78 is 9.92. The Morgan fingerprint density at radius 2 is 1.97 bits per heavy atom. The van der Waals surface area contributed by atoms with Crippen LogP contribution in [0.1, 0.15) is 28.5 Å². The minimum Gasteiger partial charge on any atom is -0.456 e. The highest BCUT2D eigenvalue weighted by Crippen LogP contribution is 2.31. The molecule has 32 heavy (non-hydrogen) atoms. The van der Waals surface area contributed by atoms with Crippen LogP contribution in [0.3, 0.4) is 0 Å². The van der Waals surface area contributed by atoms with Crippen molar-refractivity contribution in [3.05, 3.63) is 71.8 Å². The lowest BCUT2D eigenvalue weighted by atomic mass is 9.99. The summed E-state index contributed by atoms with van der Waals surface area (Å²) in [5, 5.41) is 5.36. The van der Waals surface area contributed by atoms with Gasteiger partial charge in [-0.05, 0) is 42.7 Å². The molecule has 0 radical (unpaired) electrons. The lowest BCUT2D eigenvalue weighted by molar-refractivity contribution is 0.0999. The van der Waals surface area contributed by atoms with E-state index in [0.717, 1.165) is 39.2 Å². The van der Waals surface area contributed by atoms with E-state index < -0.39 is 5.91 Å². The number of amides is 1. The smallest absolute Gasteiger partial charge is 0.248 e. The van der Waals surface area contributed by atoms with Crippen LogP contribution in [0.15, 0.2) is 55.0 Å². The van der Waals surface area contributed by atoms with Gasteiger partial charge < -0.3 is 10.5 Å². The number of nitrogens with zero attached hydrogens (tertiary/aromatic N) is 5. The predicted octanol–water partition coefficient (Wildman–Crippen LogP) is 4.05. The van der Waals surface area contributed by atoms with Gasteiger partial charge in [-0.25, -0.2) is 9.97 Å². The fourth-order valence-corrected chi connectivity index (χ4v) is 4.05. The number of carbonyl (C=O) groups is 1. The van der Waals surface area contributed by atoms with E-state index in [1.165, 1.54) is 0 Å². The summed E-state index contributed by atoms with van der Waals surface area (Å²) in [5.74, 6) is 0.832. The molecule has 8 nitrogen and oxygen atoms in total. The van der Waals surface area contributed by atoms with E-state index >= 15 is 0 Å². The van der Waals surface area contributed by atoms with Crippen LogP contribution in [0.4, 0.5) is 0 Å². The Balaban J connectivity index is 1.60. The molecule has 1 aromatic carbocycles. The van der Waals surface area contributed by atoms with Gasteiger partial charge in [0, 0.05) is 42.5 Å². The molecule has 5 rings (SSSR count). The molecule has 0 saturated heterocycles. The molecule has 0 bridgehead atoms. The number of benzene rings is 1. The van der Waals surface area contributed by atoms with Crippen LogP contribution in [0.25, 0.3) is 27.9 Å². The molecule has 2 N–H and O–H groups in total. The van der Waals surface area contributed by atoms with Crippen LogP contribution in [0, 0.1) is 6.92 Å². The van der Waals surface area contributed by atoms with Gasteiger partial charge in [-0.2, -0.15) is 5.10 Å². The van der Waals surface area contributed by atoms with E-state index in [2.05, 4.69) is 15.1 Å². The Bertz CT molecular complexity index is 1500. The third-order valence-electron chi connectivity index (χ3n) is 5.60. The maximum Gasteiger partial charge on any atom is 0.248 e. The van der Waals surface area contributed by atoms with Crippen molar-refractivity contribution in [2.24, 2.45) is 12.8 Å². The fraction of sp³-hybridized carbons (Fsp3) is 0.167. The summed E-state index contributed by atoms with van der Waals surface area (Å²) in [6.45, 7) is 3.95. The van der Waals surface area contributed by atoms with Crippen molar-refractivity contribution in [2.45, 2.75) is 20.3 Å². The minimum absolute atomic E-state index is 0.424. The third-order valence-corrected chi connectivity index (χ3v) is 5.60. The van der Waals surface area contributed by atoms with E-state index in [1.54, 1.807) is 23.1 Å². The molecule has 0 unspecified atom stereocenters. The molecule has 0 aliphatic heterocycles. The van der Waals surface area contributed by atoms with Crippen LogP contribution < -0.4 is 10.5 Å². The van der Waals surface area contributed by atoms with Crippen LogP contribution in [-0.2, 0) is 13.5 Å². The van der Waals surface area contributed by atoms with Crippen molar-refractivity contribution in [1.82, 2.24) is 24.1 Å². The zero-order valence-corrected chi connectivity index (χ0v) is 18.0. The van der Waals surface area contributed by atoms with Crippen LogP contribution >= 0.6 is 0 Å². The van der Waals surface area contributed by atoms with Gasteiger partial charge in [0.25, 0.3) is 0 Å². The normalized spacial score (nSPS) is 11.3. The first-order valence-electron chi connectivity index (χ1n) is 10.3. The minimum atomic E-state index is -0.424. The number of aromatic nitrogens is 5. The van der Waals surface area contributed by atoms with Gasteiger partial charge in [-0.3, -0.25) is 13.9 Å². The Hall–Kier alpha value is -4.20. The number of imidazole rings is 1. The molecule has 4 aromatic heterocycles. The van der Waals surface area contributed by atoms with E-state index in [9.17, 15) is 4.79 Å². The number of pyridine rings is 2. The zero-order valence-electron chi connectivity index (χ0n) is 18.0. The molecule has 0 aliphatic carbocycles. The molecule has 5 aromatic rings. The second-order valence-electron chi connectivity index (χ2n) is 7.67. The van der Waals surface area contributed by atoms with Crippen LogP contribution in [0.2, 0.25) is 0 Å². The van der Waals surface area contributed by atoms with Crippen molar-refractivity contribution < 1.29 is 9.53 Å². The molecule has 0 aliphatic rings. The number of hydrogen-bond donors (Lipinski definition) is 1. The number of rotatable bonds is 5. The number of ether oxygens (including phenoxy) is 1. The van der Waals surface area contributed by atoms with Gasteiger partial charge in [0.2, 0.25) is 5.91 Å². The largest absolute Gasteiger partial charge is 0.456 e. The number of carbonyl (C=O) groups excluding carboxylic acids is 1. The lowest BCUT2D eigenvalue weighted by Crippen LogP contribution is -2.13. The highest BCUT2D eigenvalue weighted by molar-refractivity contribution is 5.95. The molecule has 0 fully saturated rings. The third kappa shape index (κ3) is 3.26. The van der Waals surface area contributed by atoms with Gasteiger partial charge in [0.15, 0.2) is 5.65 Å². The number of primary amides is 1. The highest BCUT2D eigenvalue weighted by Gasteiger charge is 2.14. The first-order chi connectivity index (χ1) is 15.4. The Morgan fingerprint density at radius 3 is 2.75 bits per heavy atom. The number of aryl methyl sites for hydroxylation is 3. The van der Waals surface area contributed by atoms with Crippen molar-refractivity contribution in [3.63, 3.8) is 0 Å². The molecule has 0 saturated carbocycles. The maximum atomic E-state index is 11.8. The fourth-order valence-electron chi connectivity index (χ4n) is 4.05. The number of nitrogens with two attached hydrogens (primary N) is 1. The Labute approximate surface area is 184 Å². The lowest BCUT2D eigenvalue weighted by Gasteiger charge is -2.13. The van der Waals surface area contributed by atoms with Gasteiger partial charge >= 0.3 is 0 Å². The molecular weight excluding hydrogens is 404 g/mol. The van der Waals surface area contributed by atoms with Crippen molar-refractivity contribution in [2.75, 3.05) is 0 Å². The maximum absolute atomic E-state index is 11.8. The molecule has 160 valence electrons. The summed E-state index contributed by atoms with van der Waals surface area (Å²) in [5.41, 5.74) is 11.3. The average molecular weight is 426 g/mol. The van der Waals surface area contributed by atoms with E-state index in [1.807, 2.05) is 61.8 Å². The van der Waals surface area contributed by atoms with Gasteiger partial charge in [-0.15, -0.1) is 0 Å². The van der Waals surface area contributed by atoms with Gasteiger partial charge in [0.05, 0.1) is 17.6 Å². The molecule has 0 spiro atoms. The molecular formula is C24H22N6O2. The van der Waals surface area contributed by atoms with Gasteiger partial charge in [0.1, 0.15) is 17.1 Å². The first-order valence-corrected chi connectivity index (χ1v) is 10.3. The van der Waals surface area contributed by atoms with Crippen molar-refractivity contribution in [1.29, 1.82) is 0 Å². The topological polar surface area (TPSA) is 100 Å². The molecule has 4 heterocycles. The molecule has 8 heteroatoms. The number of hydrogen-bond acceptors (Lipinski definition) is 5. The summed E-state index contributed by atoms with van der Waals surface area (Å²) in [7, 11) is 1.87. The quantitative estimate of drug-likeness (QED) is 0.457. The monoisotopic (exact) mass is 426 g/mol. The molecule has 0 atom stereocenters.